The minimum absolute atomic E-state index is 0.0402. The van der Waals surface area contributed by atoms with Crippen molar-refractivity contribution in [1.29, 1.82) is 0 Å². The molecule has 0 bridgehead atoms. The number of nitrogens with zero attached hydrogens (tertiary/aromatic N) is 1. The van der Waals surface area contributed by atoms with Crippen LogP contribution in [0.15, 0.2) is 36.4 Å². The van der Waals surface area contributed by atoms with Gasteiger partial charge in [-0.15, -0.1) is 0 Å². The van der Waals surface area contributed by atoms with E-state index in [1.807, 2.05) is 38.1 Å². The standard InChI is InChI=1S/C15H21NO2/c1-5-16(10-12(2)3)15(17)14-8-6-7-13(9-14)11-18-4/h6-9H,2,5,10-11H2,1,3-4H3. The number of amides is 1. The first kappa shape index (κ1) is 14.5. The van der Waals surface area contributed by atoms with Crippen LogP contribution in [-0.4, -0.2) is 31.0 Å². The van der Waals surface area contributed by atoms with Crippen LogP contribution in [0.5, 0.6) is 0 Å². The molecule has 0 saturated heterocycles. The van der Waals surface area contributed by atoms with Crippen LogP contribution < -0.4 is 0 Å². The van der Waals surface area contributed by atoms with E-state index in [4.69, 9.17) is 4.74 Å². The lowest BCUT2D eigenvalue weighted by atomic mass is 10.1. The van der Waals surface area contributed by atoms with Gasteiger partial charge < -0.3 is 9.64 Å². The van der Waals surface area contributed by atoms with Crippen molar-refractivity contribution < 1.29 is 9.53 Å². The minimum atomic E-state index is 0.0402. The van der Waals surface area contributed by atoms with Crippen molar-refractivity contribution in [2.24, 2.45) is 0 Å². The summed E-state index contributed by atoms with van der Waals surface area (Å²) in [5.74, 6) is 0.0402. The molecular formula is C15H21NO2. The Kier molecular flexibility index (Phi) is 5.59. The van der Waals surface area contributed by atoms with Crippen molar-refractivity contribution in [3.05, 3.63) is 47.5 Å². The van der Waals surface area contributed by atoms with Gasteiger partial charge in [-0.1, -0.05) is 24.3 Å². The molecule has 1 aromatic rings. The van der Waals surface area contributed by atoms with Crippen LogP contribution in [-0.2, 0) is 11.3 Å². The second-order valence-electron chi connectivity index (χ2n) is 4.41. The average molecular weight is 247 g/mol. The van der Waals surface area contributed by atoms with Crippen LogP contribution in [0, 0.1) is 0 Å². The van der Waals surface area contributed by atoms with Crippen molar-refractivity contribution >= 4 is 5.91 Å². The number of hydrogen-bond acceptors (Lipinski definition) is 2. The van der Waals surface area contributed by atoms with E-state index in [1.165, 1.54) is 0 Å². The first-order valence-corrected chi connectivity index (χ1v) is 6.10. The van der Waals surface area contributed by atoms with Crippen molar-refractivity contribution in [2.75, 3.05) is 20.2 Å². The van der Waals surface area contributed by atoms with E-state index in [9.17, 15) is 4.79 Å². The summed E-state index contributed by atoms with van der Waals surface area (Å²) in [5.41, 5.74) is 2.70. The van der Waals surface area contributed by atoms with Crippen LogP contribution in [0.2, 0.25) is 0 Å². The van der Waals surface area contributed by atoms with E-state index in [0.29, 0.717) is 25.3 Å². The van der Waals surface area contributed by atoms with Crippen LogP contribution in [0.4, 0.5) is 0 Å². The Labute approximate surface area is 109 Å². The number of carbonyl (C=O) groups is 1. The Morgan fingerprint density at radius 3 is 2.72 bits per heavy atom. The van der Waals surface area contributed by atoms with Gasteiger partial charge in [-0.3, -0.25) is 4.79 Å². The van der Waals surface area contributed by atoms with Crippen molar-refractivity contribution in [2.45, 2.75) is 20.5 Å². The first-order valence-electron chi connectivity index (χ1n) is 6.10. The molecule has 0 aliphatic carbocycles. The zero-order valence-electron chi connectivity index (χ0n) is 11.4. The Balaban J connectivity index is 2.87. The molecule has 0 spiro atoms. The SMILES string of the molecule is C=C(C)CN(CC)C(=O)c1cccc(COC)c1. The molecule has 0 unspecified atom stereocenters. The van der Waals surface area contributed by atoms with Crippen LogP contribution in [0.3, 0.4) is 0 Å². The summed E-state index contributed by atoms with van der Waals surface area (Å²) in [4.78, 5) is 14.1. The predicted octanol–water partition coefficient (Wildman–Crippen LogP) is 2.87. The number of benzene rings is 1. The lowest BCUT2D eigenvalue weighted by Crippen LogP contribution is -2.32. The summed E-state index contributed by atoms with van der Waals surface area (Å²) in [5, 5.41) is 0. The van der Waals surface area contributed by atoms with Crippen LogP contribution in [0.1, 0.15) is 29.8 Å². The molecule has 0 atom stereocenters. The number of carbonyl (C=O) groups excluding carboxylic acids is 1. The van der Waals surface area contributed by atoms with Crippen molar-refractivity contribution in [1.82, 2.24) is 4.90 Å². The largest absolute Gasteiger partial charge is 0.380 e. The maximum absolute atomic E-state index is 12.3. The van der Waals surface area contributed by atoms with Gasteiger partial charge in [0.05, 0.1) is 6.61 Å². The van der Waals surface area contributed by atoms with E-state index in [2.05, 4.69) is 6.58 Å². The molecule has 18 heavy (non-hydrogen) atoms. The molecule has 0 N–H and O–H groups in total. The molecule has 0 aromatic heterocycles. The third-order valence-corrected chi connectivity index (χ3v) is 2.61. The maximum Gasteiger partial charge on any atom is 0.254 e. The normalized spacial score (nSPS) is 10.2. The highest BCUT2D eigenvalue weighted by atomic mass is 16.5. The minimum Gasteiger partial charge on any atom is -0.380 e. The Hall–Kier alpha value is -1.61. The highest BCUT2D eigenvalue weighted by Crippen LogP contribution is 2.10. The summed E-state index contributed by atoms with van der Waals surface area (Å²) in [6.45, 7) is 9.56. The Morgan fingerprint density at radius 1 is 1.44 bits per heavy atom. The first-order chi connectivity index (χ1) is 8.58. The summed E-state index contributed by atoms with van der Waals surface area (Å²) in [6, 6.07) is 7.56. The number of methoxy groups -OCH3 is 1. The number of rotatable bonds is 6. The van der Waals surface area contributed by atoms with E-state index >= 15 is 0 Å². The number of likely N-dealkylation sites (N-methyl/N-ethyl adjacent to an activating group) is 1. The highest BCUT2D eigenvalue weighted by Gasteiger charge is 2.14. The molecule has 0 saturated carbocycles. The molecule has 3 nitrogen and oxygen atoms in total. The second kappa shape index (κ2) is 6.97. The van der Waals surface area contributed by atoms with Gasteiger partial charge in [-0.25, -0.2) is 0 Å². The average Bonchev–Trinajstić information content (AvgIpc) is 2.35. The zero-order chi connectivity index (χ0) is 13.5. The van der Waals surface area contributed by atoms with Gasteiger partial charge in [0.15, 0.2) is 0 Å². The predicted molar refractivity (Wildman–Crippen MR) is 73.5 cm³/mol. The second-order valence-corrected chi connectivity index (χ2v) is 4.41. The quantitative estimate of drug-likeness (QED) is 0.723. The summed E-state index contributed by atoms with van der Waals surface area (Å²) < 4.78 is 5.07. The van der Waals surface area contributed by atoms with Gasteiger partial charge in [0.1, 0.15) is 0 Å². The molecule has 98 valence electrons. The van der Waals surface area contributed by atoms with E-state index in [0.717, 1.165) is 11.1 Å². The molecule has 0 heterocycles. The van der Waals surface area contributed by atoms with Gasteiger partial charge in [-0.2, -0.15) is 0 Å². The van der Waals surface area contributed by atoms with E-state index in [1.54, 1.807) is 12.0 Å². The smallest absolute Gasteiger partial charge is 0.254 e. The lowest BCUT2D eigenvalue weighted by molar-refractivity contribution is 0.0778. The van der Waals surface area contributed by atoms with E-state index in [-0.39, 0.29) is 5.91 Å². The molecule has 0 aliphatic heterocycles. The fourth-order valence-electron chi connectivity index (χ4n) is 1.80. The molecule has 0 radical (unpaired) electrons. The molecule has 3 heteroatoms. The summed E-state index contributed by atoms with van der Waals surface area (Å²) in [6.07, 6.45) is 0. The van der Waals surface area contributed by atoms with Crippen molar-refractivity contribution in [3.8, 4) is 0 Å². The van der Waals surface area contributed by atoms with E-state index < -0.39 is 0 Å². The van der Waals surface area contributed by atoms with Gasteiger partial charge in [0, 0.05) is 25.8 Å². The number of ether oxygens (including phenoxy) is 1. The molecule has 1 aromatic carbocycles. The van der Waals surface area contributed by atoms with Crippen LogP contribution in [0.25, 0.3) is 0 Å². The third kappa shape index (κ3) is 4.00. The van der Waals surface area contributed by atoms with Crippen molar-refractivity contribution in [3.63, 3.8) is 0 Å². The topological polar surface area (TPSA) is 29.5 Å². The number of hydrogen-bond donors (Lipinski definition) is 0. The van der Waals surface area contributed by atoms with Gasteiger partial charge >= 0.3 is 0 Å². The molecule has 1 rings (SSSR count). The van der Waals surface area contributed by atoms with Gasteiger partial charge in [0.25, 0.3) is 5.91 Å². The Morgan fingerprint density at radius 2 is 2.17 bits per heavy atom. The molecular weight excluding hydrogens is 226 g/mol. The maximum atomic E-state index is 12.3. The molecule has 1 amide bonds. The fraction of sp³-hybridized carbons (Fsp3) is 0.400. The summed E-state index contributed by atoms with van der Waals surface area (Å²) in [7, 11) is 1.65. The molecule has 0 aliphatic rings. The lowest BCUT2D eigenvalue weighted by Gasteiger charge is -2.21. The fourth-order valence-corrected chi connectivity index (χ4v) is 1.80. The zero-order valence-corrected chi connectivity index (χ0v) is 11.4. The Bertz CT molecular complexity index is 426. The van der Waals surface area contributed by atoms with Gasteiger partial charge in [-0.05, 0) is 31.5 Å². The monoisotopic (exact) mass is 247 g/mol. The van der Waals surface area contributed by atoms with Crippen LogP contribution >= 0.6 is 0 Å². The van der Waals surface area contributed by atoms with Gasteiger partial charge in [0.2, 0.25) is 0 Å². The summed E-state index contributed by atoms with van der Waals surface area (Å²) >= 11 is 0. The third-order valence-electron chi connectivity index (χ3n) is 2.61. The highest BCUT2D eigenvalue weighted by molar-refractivity contribution is 5.94. The molecule has 0 fully saturated rings.